The molecular formula is C17H17ClFN3OS. The van der Waals surface area contributed by atoms with Gasteiger partial charge in [0.05, 0.1) is 20.9 Å². The van der Waals surface area contributed by atoms with E-state index in [9.17, 15) is 9.18 Å². The zero-order valence-corrected chi connectivity index (χ0v) is 15.1. The molecule has 0 fully saturated rings. The predicted octanol–water partition coefficient (Wildman–Crippen LogP) is 4.64. The van der Waals surface area contributed by atoms with Crippen molar-refractivity contribution in [3.63, 3.8) is 0 Å². The number of H-pyrrole nitrogens is 1. The highest BCUT2D eigenvalue weighted by Crippen LogP contribution is 2.32. The molecule has 0 saturated heterocycles. The number of thiophene rings is 1. The monoisotopic (exact) mass is 365 g/mol. The van der Waals surface area contributed by atoms with Gasteiger partial charge >= 0.3 is 0 Å². The SMILES string of the molecule is Cc1cc2[nH]c(C(=O)Nc3cc(F)ccc3Cl)c(CN(C)C)c2s1. The van der Waals surface area contributed by atoms with Gasteiger partial charge in [-0.3, -0.25) is 4.79 Å². The molecule has 0 atom stereocenters. The summed E-state index contributed by atoms with van der Waals surface area (Å²) in [7, 11) is 3.90. The van der Waals surface area contributed by atoms with E-state index in [4.69, 9.17) is 11.6 Å². The molecule has 126 valence electrons. The zero-order valence-electron chi connectivity index (χ0n) is 13.5. The van der Waals surface area contributed by atoms with Crippen LogP contribution in [0.3, 0.4) is 0 Å². The molecule has 1 aromatic carbocycles. The second-order valence-corrected chi connectivity index (χ2v) is 7.56. The summed E-state index contributed by atoms with van der Waals surface area (Å²) >= 11 is 7.68. The summed E-state index contributed by atoms with van der Waals surface area (Å²) in [6.45, 7) is 2.66. The number of rotatable bonds is 4. The normalized spacial score (nSPS) is 11.4. The number of hydrogen-bond donors (Lipinski definition) is 2. The van der Waals surface area contributed by atoms with Crippen molar-refractivity contribution in [3.05, 3.63) is 51.2 Å². The molecule has 1 amide bonds. The third-order valence-electron chi connectivity index (χ3n) is 3.57. The Balaban J connectivity index is 1.99. The van der Waals surface area contributed by atoms with Gasteiger partial charge in [-0.15, -0.1) is 11.3 Å². The Morgan fingerprint density at radius 2 is 2.12 bits per heavy atom. The Morgan fingerprint density at radius 1 is 1.38 bits per heavy atom. The van der Waals surface area contributed by atoms with E-state index in [1.165, 1.54) is 23.1 Å². The summed E-state index contributed by atoms with van der Waals surface area (Å²) in [6, 6.07) is 5.90. The molecule has 0 aliphatic carbocycles. The van der Waals surface area contributed by atoms with Crippen molar-refractivity contribution in [2.45, 2.75) is 13.5 Å². The molecule has 0 saturated carbocycles. The number of nitrogens with zero attached hydrogens (tertiary/aromatic N) is 1. The lowest BCUT2D eigenvalue weighted by Crippen LogP contribution is -2.18. The van der Waals surface area contributed by atoms with Gasteiger partial charge in [-0.05, 0) is 45.3 Å². The number of halogens is 2. The standard InChI is InChI=1S/C17H17ClFN3OS/c1-9-6-14-16(24-9)11(8-22(2)3)15(20-14)17(23)21-13-7-10(19)4-5-12(13)18/h4-7,20H,8H2,1-3H3,(H,21,23). The lowest BCUT2D eigenvalue weighted by atomic mass is 10.2. The minimum atomic E-state index is -0.452. The molecule has 7 heteroatoms. The smallest absolute Gasteiger partial charge is 0.272 e. The average molecular weight is 366 g/mol. The Morgan fingerprint density at radius 3 is 2.83 bits per heavy atom. The molecule has 2 N–H and O–H groups in total. The van der Waals surface area contributed by atoms with Crippen LogP contribution in [0.25, 0.3) is 10.2 Å². The van der Waals surface area contributed by atoms with E-state index in [1.807, 2.05) is 32.0 Å². The number of hydrogen-bond acceptors (Lipinski definition) is 3. The maximum atomic E-state index is 13.4. The van der Waals surface area contributed by atoms with Gasteiger partial charge in [-0.25, -0.2) is 4.39 Å². The van der Waals surface area contributed by atoms with Gasteiger partial charge in [0.2, 0.25) is 0 Å². The number of aromatic amines is 1. The molecule has 3 rings (SSSR count). The number of nitrogens with one attached hydrogen (secondary N) is 2. The second-order valence-electron chi connectivity index (χ2n) is 5.89. The first-order chi connectivity index (χ1) is 11.3. The van der Waals surface area contributed by atoms with Crippen LogP contribution in [0.15, 0.2) is 24.3 Å². The molecule has 24 heavy (non-hydrogen) atoms. The molecule has 0 bridgehead atoms. The summed E-state index contributed by atoms with van der Waals surface area (Å²) < 4.78 is 14.5. The van der Waals surface area contributed by atoms with Crippen LogP contribution < -0.4 is 5.32 Å². The van der Waals surface area contributed by atoms with E-state index in [0.717, 1.165) is 15.8 Å². The molecule has 0 aliphatic heterocycles. The molecule has 2 aromatic heterocycles. The average Bonchev–Trinajstić information content (AvgIpc) is 3.00. The molecule has 2 heterocycles. The number of benzene rings is 1. The lowest BCUT2D eigenvalue weighted by Gasteiger charge is -2.12. The Labute approximate surface area is 148 Å². The van der Waals surface area contributed by atoms with E-state index in [-0.39, 0.29) is 11.6 Å². The zero-order chi connectivity index (χ0) is 17.4. The van der Waals surface area contributed by atoms with Crippen molar-refractivity contribution in [2.24, 2.45) is 0 Å². The summed E-state index contributed by atoms with van der Waals surface area (Å²) in [5.41, 5.74) is 2.60. The Kier molecular flexibility index (Phi) is 4.62. The van der Waals surface area contributed by atoms with Gasteiger partial charge in [0.25, 0.3) is 5.91 Å². The molecule has 0 radical (unpaired) electrons. The maximum Gasteiger partial charge on any atom is 0.272 e. The quantitative estimate of drug-likeness (QED) is 0.707. The first-order valence-electron chi connectivity index (χ1n) is 7.37. The van der Waals surface area contributed by atoms with Crippen LogP contribution in [0.2, 0.25) is 5.02 Å². The molecule has 0 spiro atoms. The van der Waals surface area contributed by atoms with Gasteiger partial charge in [0.1, 0.15) is 11.5 Å². The van der Waals surface area contributed by atoms with Crippen molar-refractivity contribution >= 4 is 44.7 Å². The van der Waals surface area contributed by atoms with Crippen molar-refractivity contribution in [2.75, 3.05) is 19.4 Å². The largest absolute Gasteiger partial charge is 0.350 e. The fourth-order valence-corrected chi connectivity index (χ4v) is 3.77. The van der Waals surface area contributed by atoms with Gasteiger partial charge < -0.3 is 15.2 Å². The van der Waals surface area contributed by atoms with Gasteiger partial charge in [0, 0.05) is 17.0 Å². The maximum absolute atomic E-state index is 13.4. The lowest BCUT2D eigenvalue weighted by molar-refractivity contribution is 0.102. The first kappa shape index (κ1) is 17.0. The van der Waals surface area contributed by atoms with Crippen molar-refractivity contribution < 1.29 is 9.18 Å². The molecule has 4 nitrogen and oxygen atoms in total. The Bertz CT molecular complexity index is 916. The fraction of sp³-hybridized carbons (Fsp3) is 0.235. The highest BCUT2D eigenvalue weighted by molar-refractivity contribution is 7.19. The number of carbonyl (C=O) groups is 1. The minimum absolute atomic E-state index is 0.256. The second kappa shape index (κ2) is 6.55. The number of aryl methyl sites for hydroxylation is 1. The van der Waals surface area contributed by atoms with Crippen molar-refractivity contribution in [1.29, 1.82) is 0 Å². The molecule has 0 unspecified atom stereocenters. The van der Waals surface area contributed by atoms with Crippen LogP contribution in [0.4, 0.5) is 10.1 Å². The highest BCUT2D eigenvalue weighted by atomic mass is 35.5. The van der Waals surface area contributed by atoms with E-state index in [2.05, 4.69) is 10.3 Å². The topological polar surface area (TPSA) is 48.1 Å². The van der Waals surface area contributed by atoms with E-state index in [0.29, 0.717) is 17.3 Å². The van der Waals surface area contributed by atoms with E-state index >= 15 is 0 Å². The minimum Gasteiger partial charge on any atom is -0.350 e. The third-order valence-corrected chi connectivity index (χ3v) is 5.01. The van der Waals surface area contributed by atoms with Gasteiger partial charge in [-0.1, -0.05) is 11.6 Å². The fourth-order valence-electron chi connectivity index (χ4n) is 2.59. The van der Waals surface area contributed by atoms with Crippen LogP contribution >= 0.6 is 22.9 Å². The van der Waals surface area contributed by atoms with E-state index in [1.54, 1.807) is 11.3 Å². The van der Waals surface area contributed by atoms with Crippen molar-refractivity contribution in [3.8, 4) is 0 Å². The van der Waals surface area contributed by atoms with Crippen LogP contribution in [-0.2, 0) is 6.54 Å². The van der Waals surface area contributed by atoms with Crippen LogP contribution in [0.5, 0.6) is 0 Å². The summed E-state index contributed by atoms with van der Waals surface area (Å²) in [5, 5.41) is 2.98. The molecular weight excluding hydrogens is 349 g/mol. The number of aromatic nitrogens is 1. The number of amides is 1. The number of carbonyl (C=O) groups excluding carboxylic acids is 1. The summed E-state index contributed by atoms with van der Waals surface area (Å²) in [6.07, 6.45) is 0. The number of anilines is 1. The molecule has 0 aliphatic rings. The van der Waals surface area contributed by atoms with Crippen LogP contribution in [0.1, 0.15) is 20.9 Å². The third kappa shape index (κ3) is 3.31. The number of fused-ring (bicyclic) bond motifs is 1. The van der Waals surface area contributed by atoms with Crippen molar-refractivity contribution in [1.82, 2.24) is 9.88 Å². The Hall–Kier alpha value is -1.89. The predicted molar refractivity (Wildman–Crippen MR) is 97.7 cm³/mol. The first-order valence-corrected chi connectivity index (χ1v) is 8.56. The van der Waals surface area contributed by atoms with Gasteiger partial charge in [-0.2, -0.15) is 0 Å². The van der Waals surface area contributed by atoms with Gasteiger partial charge in [0.15, 0.2) is 0 Å². The molecule has 3 aromatic rings. The van der Waals surface area contributed by atoms with Crippen LogP contribution in [-0.4, -0.2) is 29.9 Å². The summed E-state index contributed by atoms with van der Waals surface area (Å²) in [4.78, 5) is 19.1. The van der Waals surface area contributed by atoms with Crippen LogP contribution in [0, 0.1) is 12.7 Å². The van der Waals surface area contributed by atoms with E-state index < -0.39 is 5.82 Å². The highest BCUT2D eigenvalue weighted by Gasteiger charge is 2.20. The summed E-state index contributed by atoms with van der Waals surface area (Å²) in [5.74, 6) is -0.785.